The molecule has 28 heavy (non-hydrogen) atoms. The normalized spacial score (nSPS) is 15.2. The van der Waals surface area contributed by atoms with Gasteiger partial charge in [0.1, 0.15) is 17.7 Å². The van der Waals surface area contributed by atoms with Gasteiger partial charge in [-0.2, -0.15) is 0 Å². The summed E-state index contributed by atoms with van der Waals surface area (Å²) < 4.78 is 8.38. The van der Waals surface area contributed by atoms with Crippen LogP contribution < -0.4 is 9.64 Å². The second-order valence-electron chi connectivity index (χ2n) is 7.77. The Morgan fingerprint density at radius 2 is 1.89 bits per heavy atom. The van der Waals surface area contributed by atoms with Crippen LogP contribution in [0.2, 0.25) is 0 Å². The molecule has 5 heteroatoms. The number of aryl methyl sites for hydroxylation is 3. The van der Waals surface area contributed by atoms with Gasteiger partial charge in [-0.1, -0.05) is 0 Å². The Morgan fingerprint density at radius 1 is 1.14 bits per heavy atom. The van der Waals surface area contributed by atoms with E-state index in [0.717, 1.165) is 54.3 Å². The number of ether oxygens (including phenoxy) is 1. The Balaban J connectivity index is 1.43. The molecule has 0 unspecified atom stereocenters. The van der Waals surface area contributed by atoms with E-state index in [1.807, 2.05) is 19.9 Å². The van der Waals surface area contributed by atoms with Crippen molar-refractivity contribution < 1.29 is 9.53 Å². The van der Waals surface area contributed by atoms with E-state index in [2.05, 4.69) is 47.0 Å². The molecule has 0 atom stereocenters. The average molecular weight is 377 g/mol. The van der Waals surface area contributed by atoms with E-state index in [9.17, 15) is 4.79 Å². The van der Waals surface area contributed by atoms with Crippen LogP contribution in [0, 0.1) is 13.8 Å². The lowest BCUT2D eigenvalue weighted by Gasteiger charge is -2.34. The molecule has 146 valence electrons. The van der Waals surface area contributed by atoms with Crippen LogP contribution in [0.4, 0.5) is 5.82 Å². The quantitative estimate of drug-likeness (QED) is 0.631. The van der Waals surface area contributed by atoms with Crippen LogP contribution in [-0.4, -0.2) is 34.5 Å². The number of ketones is 1. The zero-order chi connectivity index (χ0) is 19.8. The first kappa shape index (κ1) is 18.5. The van der Waals surface area contributed by atoms with Crippen molar-refractivity contribution in [3.8, 4) is 5.75 Å². The fraction of sp³-hybridized carbons (Fsp3) is 0.391. The first-order chi connectivity index (χ1) is 13.4. The van der Waals surface area contributed by atoms with Gasteiger partial charge in [-0.15, -0.1) is 0 Å². The minimum absolute atomic E-state index is 0.0714. The lowest BCUT2D eigenvalue weighted by Crippen LogP contribution is -2.39. The minimum atomic E-state index is 0.0714. The fourth-order valence-electron chi connectivity index (χ4n) is 4.08. The molecule has 4 rings (SSSR count). The summed E-state index contributed by atoms with van der Waals surface area (Å²) in [6.07, 6.45) is 4.21. The van der Waals surface area contributed by atoms with Crippen LogP contribution in [0.1, 0.15) is 41.4 Å². The summed E-state index contributed by atoms with van der Waals surface area (Å²) in [5, 5.41) is 1.21. The Hall–Kier alpha value is -2.82. The summed E-state index contributed by atoms with van der Waals surface area (Å²) in [6.45, 7) is 7.36. The third-order valence-corrected chi connectivity index (χ3v) is 5.66. The van der Waals surface area contributed by atoms with E-state index in [-0.39, 0.29) is 11.9 Å². The van der Waals surface area contributed by atoms with E-state index in [0.29, 0.717) is 0 Å². The maximum Gasteiger partial charge on any atom is 0.161 e. The molecule has 0 bridgehead atoms. The summed E-state index contributed by atoms with van der Waals surface area (Å²) >= 11 is 0. The molecule has 0 radical (unpaired) electrons. The number of aromatic nitrogens is 2. The van der Waals surface area contributed by atoms with Crippen molar-refractivity contribution in [2.24, 2.45) is 7.05 Å². The van der Waals surface area contributed by atoms with E-state index in [4.69, 9.17) is 9.72 Å². The topological polar surface area (TPSA) is 47.4 Å². The Morgan fingerprint density at radius 3 is 2.61 bits per heavy atom. The van der Waals surface area contributed by atoms with E-state index in [1.165, 1.54) is 10.9 Å². The number of nitrogens with zero attached hydrogens (tertiary/aromatic N) is 3. The van der Waals surface area contributed by atoms with Crippen LogP contribution in [-0.2, 0) is 7.05 Å². The van der Waals surface area contributed by atoms with Crippen LogP contribution in [0.5, 0.6) is 5.75 Å². The molecule has 0 spiro atoms. The molecule has 1 aliphatic rings. The number of Topliss-reactive ketones (excluding diaryl/α,β-unsaturated/α-hetero) is 1. The number of carbonyl (C=O) groups is 1. The lowest BCUT2D eigenvalue weighted by molar-refractivity contribution is 0.101. The monoisotopic (exact) mass is 377 g/mol. The van der Waals surface area contributed by atoms with Crippen molar-refractivity contribution in [3.05, 3.63) is 53.3 Å². The van der Waals surface area contributed by atoms with Crippen molar-refractivity contribution in [2.75, 3.05) is 18.0 Å². The summed E-state index contributed by atoms with van der Waals surface area (Å²) in [7, 11) is 2.05. The number of piperidine rings is 1. The van der Waals surface area contributed by atoms with Crippen molar-refractivity contribution >= 4 is 22.5 Å². The number of rotatable bonds is 4. The maximum absolute atomic E-state index is 11.7. The average Bonchev–Trinajstić information content (AvgIpc) is 3.04. The van der Waals surface area contributed by atoms with Crippen LogP contribution in [0.25, 0.3) is 10.9 Å². The highest BCUT2D eigenvalue weighted by molar-refractivity contribution is 5.95. The van der Waals surface area contributed by atoms with E-state index >= 15 is 0 Å². The first-order valence-electron chi connectivity index (χ1n) is 9.88. The van der Waals surface area contributed by atoms with Crippen LogP contribution >= 0.6 is 0 Å². The number of hydrogen-bond donors (Lipinski definition) is 0. The van der Waals surface area contributed by atoms with Crippen molar-refractivity contribution in [1.29, 1.82) is 0 Å². The van der Waals surface area contributed by atoms with Gasteiger partial charge in [-0.3, -0.25) is 4.79 Å². The third kappa shape index (κ3) is 3.49. The largest absolute Gasteiger partial charge is 0.490 e. The summed E-state index contributed by atoms with van der Waals surface area (Å²) in [5.74, 6) is 2.00. The molecule has 0 aliphatic carbocycles. The second kappa shape index (κ2) is 7.30. The standard InChI is InChI=1S/C23H27N3O2/c1-15-13-21(17(3)27)16(2)24-23(15)26-11-8-19(9-12-26)28-20-5-6-22-18(14-20)7-10-25(22)4/h5-7,10,13-14,19H,8-9,11-12H2,1-4H3. The fourth-order valence-corrected chi connectivity index (χ4v) is 4.08. The molecular weight excluding hydrogens is 350 g/mol. The van der Waals surface area contributed by atoms with Gasteiger partial charge in [0.2, 0.25) is 0 Å². The van der Waals surface area contributed by atoms with Gasteiger partial charge in [0, 0.05) is 55.6 Å². The van der Waals surface area contributed by atoms with Gasteiger partial charge < -0.3 is 14.2 Å². The number of benzene rings is 1. The zero-order valence-electron chi connectivity index (χ0n) is 17.0. The highest BCUT2D eigenvalue weighted by Crippen LogP contribution is 2.27. The summed E-state index contributed by atoms with van der Waals surface area (Å²) in [6, 6.07) is 10.4. The third-order valence-electron chi connectivity index (χ3n) is 5.66. The molecule has 0 saturated carbocycles. The van der Waals surface area contributed by atoms with E-state index < -0.39 is 0 Å². The maximum atomic E-state index is 11.7. The van der Waals surface area contributed by atoms with Crippen molar-refractivity contribution in [3.63, 3.8) is 0 Å². The highest BCUT2D eigenvalue weighted by atomic mass is 16.5. The molecule has 3 heterocycles. The van der Waals surface area contributed by atoms with Gasteiger partial charge >= 0.3 is 0 Å². The first-order valence-corrected chi connectivity index (χ1v) is 9.88. The SMILES string of the molecule is CC(=O)c1cc(C)c(N2CCC(Oc3ccc4c(ccn4C)c3)CC2)nc1C. The molecule has 5 nitrogen and oxygen atoms in total. The Bertz CT molecular complexity index is 1030. The predicted octanol–water partition coefficient (Wildman–Crippen LogP) is 4.44. The summed E-state index contributed by atoms with van der Waals surface area (Å²) in [5.41, 5.74) is 3.80. The van der Waals surface area contributed by atoms with Gasteiger partial charge in [0.05, 0.1) is 5.69 Å². The Labute approximate surface area is 165 Å². The molecule has 0 amide bonds. The van der Waals surface area contributed by atoms with Gasteiger partial charge in [-0.05, 0) is 56.7 Å². The molecule has 1 fully saturated rings. The number of carbonyl (C=O) groups excluding carboxylic acids is 1. The second-order valence-corrected chi connectivity index (χ2v) is 7.77. The molecule has 1 aliphatic heterocycles. The minimum Gasteiger partial charge on any atom is -0.490 e. The molecule has 3 aromatic rings. The van der Waals surface area contributed by atoms with E-state index in [1.54, 1.807) is 6.92 Å². The lowest BCUT2D eigenvalue weighted by atomic mass is 10.0. The molecule has 0 N–H and O–H groups in total. The number of hydrogen-bond acceptors (Lipinski definition) is 4. The van der Waals surface area contributed by atoms with Gasteiger partial charge in [0.25, 0.3) is 0 Å². The predicted molar refractivity (Wildman–Crippen MR) is 112 cm³/mol. The molecule has 2 aromatic heterocycles. The zero-order valence-corrected chi connectivity index (χ0v) is 17.0. The number of fused-ring (bicyclic) bond motifs is 1. The Kier molecular flexibility index (Phi) is 4.84. The van der Waals surface area contributed by atoms with Crippen molar-refractivity contribution in [1.82, 2.24) is 9.55 Å². The molecule has 1 saturated heterocycles. The highest BCUT2D eigenvalue weighted by Gasteiger charge is 2.23. The van der Waals surface area contributed by atoms with Gasteiger partial charge in [-0.25, -0.2) is 4.98 Å². The number of anilines is 1. The number of pyridine rings is 1. The van der Waals surface area contributed by atoms with Crippen molar-refractivity contribution in [2.45, 2.75) is 39.7 Å². The van der Waals surface area contributed by atoms with Gasteiger partial charge in [0.15, 0.2) is 5.78 Å². The van der Waals surface area contributed by atoms with Crippen LogP contribution in [0.3, 0.4) is 0 Å². The molecule has 1 aromatic carbocycles. The summed E-state index contributed by atoms with van der Waals surface area (Å²) in [4.78, 5) is 18.8. The van der Waals surface area contributed by atoms with Crippen LogP contribution in [0.15, 0.2) is 36.5 Å². The molecular formula is C23H27N3O2. The smallest absolute Gasteiger partial charge is 0.161 e.